The van der Waals surface area contributed by atoms with Gasteiger partial charge in [-0.05, 0) is 18.2 Å². The molecule has 1 fully saturated rings. The summed E-state index contributed by atoms with van der Waals surface area (Å²) >= 11 is 1.36. The van der Waals surface area contributed by atoms with Crippen molar-refractivity contribution in [2.45, 2.75) is 6.42 Å². The predicted octanol–water partition coefficient (Wildman–Crippen LogP) is 3.75. The zero-order chi connectivity index (χ0) is 19.1. The maximum Gasteiger partial charge on any atom is 0.323 e. The minimum Gasteiger partial charge on any atom is -0.456 e. The van der Waals surface area contributed by atoms with E-state index in [0.717, 1.165) is 21.9 Å². The van der Waals surface area contributed by atoms with Crippen LogP contribution < -0.4 is 15.5 Å². The Morgan fingerprint density at radius 1 is 1.21 bits per heavy atom. The van der Waals surface area contributed by atoms with Crippen LogP contribution in [0.15, 0.2) is 52.3 Å². The zero-order valence-electron chi connectivity index (χ0n) is 14.8. The lowest BCUT2D eigenvalue weighted by Gasteiger charge is -2.08. The molecular formula is C20H16N4O3S. The van der Waals surface area contributed by atoms with E-state index >= 15 is 0 Å². The van der Waals surface area contributed by atoms with Crippen LogP contribution in [0.1, 0.15) is 5.69 Å². The highest BCUT2D eigenvalue weighted by molar-refractivity contribution is 7.14. The summed E-state index contributed by atoms with van der Waals surface area (Å²) in [4.78, 5) is 30.1. The van der Waals surface area contributed by atoms with Crippen LogP contribution >= 0.6 is 11.3 Å². The summed E-state index contributed by atoms with van der Waals surface area (Å²) in [5.74, 6) is -0.168. The van der Waals surface area contributed by atoms with Crippen LogP contribution in [-0.2, 0) is 11.2 Å². The average molecular weight is 392 g/mol. The van der Waals surface area contributed by atoms with Gasteiger partial charge in [0.25, 0.3) is 0 Å². The number of carbonyl (C=O) groups excluding carboxylic acids is 2. The van der Waals surface area contributed by atoms with Gasteiger partial charge in [0.15, 0.2) is 5.13 Å². The third-order valence-corrected chi connectivity index (χ3v) is 5.54. The van der Waals surface area contributed by atoms with Crippen molar-refractivity contribution in [3.05, 3.63) is 53.5 Å². The van der Waals surface area contributed by atoms with E-state index in [1.54, 1.807) is 4.90 Å². The summed E-state index contributed by atoms with van der Waals surface area (Å²) in [6.07, 6.45) is 0.143. The van der Waals surface area contributed by atoms with Crippen molar-refractivity contribution in [3.63, 3.8) is 0 Å². The molecule has 0 bridgehead atoms. The molecule has 4 aromatic rings. The fourth-order valence-electron chi connectivity index (χ4n) is 3.33. The van der Waals surface area contributed by atoms with Crippen molar-refractivity contribution >= 4 is 56.0 Å². The molecule has 2 aromatic carbocycles. The smallest absolute Gasteiger partial charge is 0.323 e. The van der Waals surface area contributed by atoms with Crippen LogP contribution in [0.25, 0.3) is 21.9 Å². The van der Waals surface area contributed by atoms with Crippen molar-refractivity contribution < 1.29 is 14.0 Å². The molecule has 28 heavy (non-hydrogen) atoms. The zero-order valence-corrected chi connectivity index (χ0v) is 15.6. The molecule has 5 rings (SSSR count). The first-order valence-electron chi connectivity index (χ1n) is 8.88. The van der Waals surface area contributed by atoms with Gasteiger partial charge < -0.3 is 15.1 Å². The number of hydrogen-bond acceptors (Lipinski definition) is 5. The van der Waals surface area contributed by atoms with E-state index in [-0.39, 0.29) is 18.4 Å². The van der Waals surface area contributed by atoms with Crippen molar-refractivity contribution in [1.29, 1.82) is 0 Å². The number of thiazole rings is 1. The molecule has 7 nitrogen and oxygen atoms in total. The van der Waals surface area contributed by atoms with Crippen LogP contribution in [0.4, 0.5) is 15.6 Å². The molecular weight excluding hydrogens is 376 g/mol. The summed E-state index contributed by atoms with van der Waals surface area (Å²) in [6, 6.07) is 13.3. The molecule has 0 aliphatic carbocycles. The quantitative estimate of drug-likeness (QED) is 0.554. The molecule has 1 aliphatic rings. The van der Waals surface area contributed by atoms with E-state index in [4.69, 9.17) is 4.42 Å². The normalized spacial score (nSPS) is 14.0. The van der Waals surface area contributed by atoms with E-state index in [0.29, 0.717) is 29.6 Å². The standard InChI is InChI=1S/C20H16N4O3S/c25-18(10-13-11-28-20(23-13)24-8-7-21-19(24)26)22-12-5-6-15-14-3-1-2-4-16(14)27-17(15)9-12/h1-6,9,11H,7-8,10H2,(H,21,26)(H,22,25). The number of hydrogen-bond donors (Lipinski definition) is 2. The first-order chi connectivity index (χ1) is 13.7. The lowest BCUT2D eigenvalue weighted by atomic mass is 10.1. The number of aromatic nitrogens is 1. The molecule has 0 spiro atoms. The van der Waals surface area contributed by atoms with Crippen molar-refractivity contribution in [2.24, 2.45) is 0 Å². The second kappa shape index (κ2) is 6.65. The molecule has 3 heterocycles. The Labute approximate surface area is 164 Å². The maximum absolute atomic E-state index is 12.4. The summed E-state index contributed by atoms with van der Waals surface area (Å²) in [6.45, 7) is 1.20. The molecule has 0 saturated carbocycles. The number of fused-ring (bicyclic) bond motifs is 3. The van der Waals surface area contributed by atoms with Gasteiger partial charge in [-0.2, -0.15) is 0 Å². The van der Waals surface area contributed by atoms with E-state index in [1.165, 1.54) is 11.3 Å². The minimum absolute atomic E-state index is 0.143. The second-order valence-electron chi connectivity index (χ2n) is 6.54. The number of nitrogens with one attached hydrogen (secondary N) is 2. The monoisotopic (exact) mass is 392 g/mol. The Bertz CT molecular complexity index is 1210. The molecule has 8 heteroatoms. The van der Waals surface area contributed by atoms with Gasteiger partial charge in [-0.1, -0.05) is 18.2 Å². The van der Waals surface area contributed by atoms with Crippen LogP contribution in [0.2, 0.25) is 0 Å². The van der Waals surface area contributed by atoms with E-state index in [9.17, 15) is 9.59 Å². The fraction of sp³-hybridized carbons (Fsp3) is 0.150. The largest absolute Gasteiger partial charge is 0.456 e. The van der Waals surface area contributed by atoms with Gasteiger partial charge in [-0.15, -0.1) is 11.3 Å². The molecule has 140 valence electrons. The van der Waals surface area contributed by atoms with Gasteiger partial charge in [0.2, 0.25) is 5.91 Å². The molecule has 3 amide bonds. The van der Waals surface area contributed by atoms with Crippen LogP contribution in [-0.4, -0.2) is 30.0 Å². The number of amides is 3. The van der Waals surface area contributed by atoms with Gasteiger partial charge >= 0.3 is 6.03 Å². The minimum atomic E-state index is -0.168. The molecule has 2 N–H and O–H groups in total. The third kappa shape index (κ3) is 2.97. The molecule has 1 saturated heterocycles. The highest BCUT2D eigenvalue weighted by Gasteiger charge is 2.24. The number of anilines is 2. The molecule has 0 atom stereocenters. The fourth-order valence-corrected chi connectivity index (χ4v) is 4.18. The lowest BCUT2D eigenvalue weighted by Crippen LogP contribution is -2.27. The molecule has 0 radical (unpaired) electrons. The van der Waals surface area contributed by atoms with Crippen LogP contribution in [0.5, 0.6) is 0 Å². The van der Waals surface area contributed by atoms with Crippen molar-refractivity contribution in [1.82, 2.24) is 10.3 Å². The maximum atomic E-state index is 12.4. The highest BCUT2D eigenvalue weighted by Crippen LogP contribution is 2.30. The summed E-state index contributed by atoms with van der Waals surface area (Å²) in [5.41, 5.74) is 2.87. The summed E-state index contributed by atoms with van der Waals surface area (Å²) < 4.78 is 5.86. The topological polar surface area (TPSA) is 87.5 Å². The Kier molecular flexibility index (Phi) is 3.98. The van der Waals surface area contributed by atoms with Gasteiger partial charge in [0, 0.05) is 41.0 Å². The summed E-state index contributed by atoms with van der Waals surface area (Å²) in [5, 5.41) is 10.1. The number of para-hydroxylation sites is 1. The number of nitrogens with zero attached hydrogens (tertiary/aromatic N) is 2. The molecule has 0 unspecified atom stereocenters. The number of rotatable bonds is 4. The van der Waals surface area contributed by atoms with Gasteiger partial charge in [0.05, 0.1) is 12.1 Å². The number of urea groups is 1. The van der Waals surface area contributed by atoms with Crippen molar-refractivity contribution in [3.8, 4) is 0 Å². The lowest BCUT2D eigenvalue weighted by molar-refractivity contribution is -0.115. The van der Waals surface area contributed by atoms with Gasteiger partial charge in [-0.25, -0.2) is 9.78 Å². The van der Waals surface area contributed by atoms with Crippen LogP contribution in [0.3, 0.4) is 0 Å². The molecule has 1 aliphatic heterocycles. The first kappa shape index (κ1) is 16.8. The number of carbonyl (C=O) groups is 2. The molecule has 2 aromatic heterocycles. The Balaban J connectivity index is 1.31. The van der Waals surface area contributed by atoms with Gasteiger partial charge in [-0.3, -0.25) is 9.69 Å². The predicted molar refractivity (Wildman–Crippen MR) is 109 cm³/mol. The second-order valence-corrected chi connectivity index (χ2v) is 7.38. The van der Waals surface area contributed by atoms with E-state index < -0.39 is 0 Å². The third-order valence-electron chi connectivity index (χ3n) is 4.63. The number of benzene rings is 2. The Morgan fingerprint density at radius 2 is 2.07 bits per heavy atom. The average Bonchev–Trinajstić information content (AvgIpc) is 3.39. The first-order valence-corrected chi connectivity index (χ1v) is 9.76. The SMILES string of the molecule is O=C(Cc1csc(N2CCNC2=O)n1)Nc1ccc2c(c1)oc1ccccc12. The van der Waals surface area contributed by atoms with Crippen LogP contribution in [0, 0.1) is 0 Å². The van der Waals surface area contributed by atoms with Gasteiger partial charge in [0.1, 0.15) is 11.2 Å². The number of furan rings is 1. The van der Waals surface area contributed by atoms with E-state index in [1.807, 2.05) is 47.8 Å². The van der Waals surface area contributed by atoms with Crippen molar-refractivity contribution in [2.75, 3.05) is 23.3 Å². The Morgan fingerprint density at radius 3 is 2.93 bits per heavy atom. The Hall–Kier alpha value is -3.39. The van der Waals surface area contributed by atoms with E-state index in [2.05, 4.69) is 15.6 Å². The summed E-state index contributed by atoms with van der Waals surface area (Å²) in [7, 11) is 0. The highest BCUT2D eigenvalue weighted by atomic mass is 32.1.